The van der Waals surface area contributed by atoms with Crippen LogP contribution >= 0.6 is 0 Å². The molecular weight excluding hydrogens is 306 g/mol. The van der Waals surface area contributed by atoms with Crippen LogP contribution in [0.1, 0.15) is 17.3 Å². The summed E-state index contributed by atoms with van der Waals surface area (Å²) in [6, 6.07) is 16.5. The van der Waals surface area contributed by atoms with Gasteiger partial charge in [0.1, 0.15) is 11.4 Å². The Kier molecular flexibility index (Phi) is 4.61. The summed E-state index contributed by atoms with van der Waals surface area (Å²) < 4.78 is 15.6. The van der Waals surface area contributed by atoms with Gasteiger partial charge < -0.3 is 14.0 Å². The summed E-state index contributed by atoms with van der Waals surface area (Å²) in [7, 11) is 1.62. The molecule has 0 aliphatic heterocycles. The van der Waals surface area contributed by atoms with E-state index in [0.717, 1.165) is 16.9 Å². The molecule has 0 amide bonds. The lowest BCUT2D eigenvalue weighted by atomic mass is 10.1. The second-order valence-corrected chi connectivity index (χ2v) is 5.11. The fourth-order valence-electron chi connectivity index (χ4n) is 2.32. The maximum absolute atomic E-state index is 11.8. The average molecular weight is 323 g/mol. The molecule has 0 bridgehead atoms. The summed E-state index contributed by atoms with van der Waals surface area (Å²) in [5.74, 6) is 1.02. The molecule has 0 radical (unpaired) electrons. The predicted molar refractivity (Wildman–Crippen MR) is 89.9 cm³/mol. The highest BCUT2D eigenvalue weighted by molar-refractivity contribution is 5.90. The number of benzene rings is 2. The minimum absolute atomic E-state index is 0.340. The molecule has 0 aliphatic carbocycles. The van der Waals surface area contributed by atoms with Crippen molar-refractivity contribution in [1.29, 1.82) is 0 Å². The third-order valence-corrected chi connectivity index (χ3v) is 3.55. The molecule has 3 aromatic rings. The first-order valence-corrected chi connectivity index (χ1v) is 7.60. The molecule has 122 valence electrons. The van der Waals surface area contributed by atoms with Crippen molar-refractivity contribution in [3.63, 3.8) is 0 Å². The highest BCUT2D eigenvalue weighted by Crippen LogP contribution is 2.27. The fourth-order valence-corrected chi connectivity index (χ4v) is 2.32. The maximum Gasteiger partial charge on any atom is 0.338 e. The number of esters is 1. The van der Waals surface area contributed by atoms with E-state index in [0.29, 0.717) is 23.6 Å². The molecule has 3 rings (SSSR count). The molecule has 0 spiro atoms. The van der Waals surface area contributed by atoms with Crippen molar-refractivity contribution in [3.8, 4) is 28.3 Å². The van der Waals surface area contributed by atoms with Crippen LogP contribution < -0.4 is 4.74 Å². The van der Waals surface area contributed by atoms with Crippen LogP contribution in [-0.2, 0) is 4.74 Å². The van der Waals surface area contributed by atoms with E-state index in [1.165, 1.54) is 0 Å². The van der Waals surface area contributed by atoms with Gasteiger partial charge in [-0.15, -0.1) is 0 Å². The van der Waals surface area contributed by atoms with Gasteiger partial charge in [-0.05, 0) is 43.3 Å². The lowest BCUT2D eigenvalue weighted by Gasteiger charge is -2.02. The Morgan fingerprint density at radius 2 is 1.88 bits per heavy atom. The Morgan fingerprint density at radius 3 is 2.58 bits per heavy atom. The van der Waals surface area contributed by atoms with E-state index in [2.05, 4.69) is 5.16 Å². The SMILES string of the molecule is CCOC(=O)c1cccc(-c2cc(-c3ccc(OC)cc3)no2)c1. The minimum atomic E-state index is -0.353. The van der Waals surface area contributed by atoms with E-state index in [1.807, 2.05) is 36.4 Å². The van der Waals surface area contributed by atoms with Crippen molar-refractivity contribution in [2.75, 3.05) is 13.7 Å². The average Bonchev–Trinajstić information content (AvgIpc) is 3.12. The van der Waals surface area contributed by atoms with Crippen LogP contribution in [0.4, 0.5) is 0 Å². The fraction of sp³-hybridized carbons (Fsp3) is 0.158. The van der Waals surface area contributed by atoms with Gasteiger partial charge in [-0.1, -0.05) is 17.3 Å². The number of hydrogen-bond donors (Lipinski definition) is 0. The normalized spacial score (nSPS) is 10.4. The Labute approximate surface area is 139 Å². The zero-order chi connectivity index (χ0) is 16.9. The van der Waals surface area contributed by atoms with Crippen molar-refractivity contribution >= 4 is 5.97 Å². The Hall–Kier alpha value is -3.08. The molecule has 0 unspecified atom stereocenters. The van der Waals surface area contributed by atoms with Gasteiger partial charge in [0, 0.05) is 17.2 Å². The summed E-state index contributed by atoms with van der Waals surface area (Å²) in [5, 5.41) is 4.10. The number of nitrogens with zero attached hydrogens (tertiary/aromatic N) is 1. The van der Waals surface area contributed by atoms with Crippen molar-refractivity contribution < 1.29 is 18.8 Å². The van der Waals surface area contributed by atoms with E-state index in [1.54, 1.807) is 32.2 Å². The molecule has 5 heteroatoms. The number of methoxy groups -OCH3 is 1. The van der Waals surface area contributed by atoms with Crippen molar-refractivity contribution in [2.24, 2.45) is 0 Å². The van der Waals surface area contributed by atoms with Gasteiger partial charge in [0.2, 0.25) is 0 Å². The molecule has 5 nitrogen and oxygen atoms in total. The van der Waals surface area contributed by atoms with Gasteiger partial charge in [0.05, 0.1) is 19.3 Å². The number of carbonyl (C=O) groups is 1. The van der Waals surface area contributed by atoms with Crippen LogP contribution in [0.3, 0.4) is 0 Å². The monoisotopic (exact) mass is 323 g/mol. The van der Waals surface area contributed by atoms with E-state index in [4.69, 9.17) is 14.0 Å². The van der Waals surface area contributed by atoms with Crippen LogP contribution in [0, 0.1) is 0 Å². The molecule has 0 atom stereocenters. The number of carbonyl (C=O) groups excluding carboxylic acids is 1. The van der Waals surface area contributed by atoms with Gasteiger partial charge in [-0.2, -0.15) is 0 Å². The number of hydrogen-bond acceptors (Lipinski definition) is 5. The Balaban J connectivity index is 1.87. The molecule has 0 N–H and O–H groups in total. The molecule has 0 saturated heterocycles. The highest BCUT2D eigenvalue weighted by Gasteiger charge is 2.12. The molecule has 1 aromatic heterocycles. The smallest absolute Gasteiger partial charge is 0.338 e. The first-order chi connectivity index (χ1) is 11.7. The second kappa shape index (κ2) is 7.00. The quantitative estimate of drug-likeness (QED) is 0.659. The molecule has 1 heterocycles. The summed E-state index contributed by atoms with van der Waals surface area (Å²) in [5.41, 5.74) is 2.89. The minimum Gasteiger partial charge on any atom is -0.497 e. The van der Waals surface area contributed by atoms with Gasteiger partial charge in [-0.25, -0.2) is 4.79 Å². The van der Waals surface area contributed by atoms with Gasteiger partial charge in [0.25, 0.3) is 0 Å². The second-order valence-electron chi connectivity index (χ2n) is 5.11. The third-order valence-electron chi connectivity index (χ3n) is 3.55. The summed E-state index contributed by atoms with van der Waals surface area (Å²) in [6.07, 6.45) is 0. The first kappa shape index (κ1) is 15.8. The Bertz CT molecular complexity index is 837. The summed E-state index contributed by atoms with van der Waals surface area (Å²) >= 11 is 0. The van der Waals surface area contributed by atoms with Gasteiger partial charge in [-0.3, -0.25) is 0 Å². The van der Waals surface area contributed by atoms with Crippen LogP contribution in [0.15, 0.2) is 59.1 Å². The van der Waals surface area contributed by atoms with Crippen molar-refractivity contribution in [2.45, 2.75) is 6.92 Å². The predicted octanol–water partition coefficient (Wildman–Crippen LogP) is 4.19. The standard InChI is InChI=1S/C19H17NO4/c1-3-23-19(21)15-6-4-5-14(11-15)18-12-17(20-24-18)13-7-9-16(22-2)10-8-13/h4-12H,3H2,1-2H3. The number of rotatable bonds is 5. The van der Waals surface area contributed by atoms with E-state index in [-0.39, 0.29) is 5.97 Å². The third kappa shape index (κ3) is 3.30. The van der Waals surface area contributed by atoms with Crippen LogP contribution in [0.2, 0.25) is 0 Å². The molecule has 2 aromatic carbocycles. The number of ether oxygens (including phenoxy) is 2. The maximum atomic E-state index is 11.8. The highest BCUT2D eigenvalue weighted by atomic mass is 16.5. The molecule has 24 heavy (non-hydrogen) atoms. The van der Waals surface area contributed by atoms with E-state index >= 15 is 0 Å². The van der Waals surface area contributed by atoms with Crippen LogP contribution in [-0.4, -0.2) is 24.8 Å². The topological polar surface area (TPSA) is 61.6 Å². The molecule has 0 fully saturated rings. The molecular formula is C19H17NO4. The lowest BCUT2D eigenvalue weighted by Crippen LogP contribution is -2.04. The molecule has 0 aliphatic rings. The van der Waals surface area contributed by atoms with Crippen LogP contribution in [0.5, 0.6) is 5.75 Å². The first-order valence-electron chi connectivity index (χ1n) is 7.60. The number of aromatic nitrogens is 1. The molecule has 0 saturated carbocycles. The van der Waals surface area contributed by atoms with Gasteiger partial charge in [0.15, 0.2) is 5.76 Å². The van der Waals surface area contributed by atoms with Crippen LogP contribution in [0.25, 0.3) is 22.6 Å². The van der Waals surface area contributed by atoms with E-state index in [9.17, 15) is 4.79 Å². The Morgan fingerprint density at radius 1 is 1.08 bits per heavy atom. The van der Waals surface area contributed by atoms with E-state index < -0.39 is 0 Å². The largest absolute Gasteiger partial charge is 0.497 e. The summed E-state index contributed by atoms with van der Waals surface area (Å²) in [6.45, 7) is 2.12. The lowest BCUT2D eigenvalue weighted by molar-refractivity contribution is 0.0526. The summed E-state index contributed by atoms with van der Waals surface area (Å²) in [4.78, 5) is 11.8. The zero-order valence-electron chi connectivity index (χ0n) is 13.5. The van der Waals surface area contributed by atoms with Crippen molar-refractivity contribution in [1.82, 2.24) is 5.16 Å². The van der Waals surface area contributed by atoms with Crippen molar-refractivity contribution in [3.05, 3.63) is 60.2 Å². The zero-order valence-corrected chi connectivity index (χ0v) is 13.5. The van der Waals surface area contributed by atoms with Gasteiger partial charge >= 0.3 is 5.97 Å².